The van der Waals surface area contributed by atoms with Gasteiger partial charge in [-0.1, -0.05) is 32.5 Å². The second-order valence-corrected chi connectivity index (χ2v) is 9.74. The fraction of sp³-hybridized carbons (Fsp3) is 0.560. The number of hydrogen-bond acceptors (Lipinski definition) is 7. The minimum atomic E-state index is -0.206. The van der Waals surface area contributed by atoms with Gasteiger partial charge in [-0.05, 0) is 44.5 Å². The van der Waals surface area contributed by atoms with E-state index in [2.05, 4.69) is 41.1 Å². The van der Waals surface area contributed by atoms with Gasteiger partial charge in [-0.15, -0.1) is 12.6 Å². The lowest BCUT2D eigenvalue weighted by Crippen LogP contribution is -2.48. The van der Waals surface area contributed by atoms with E-state index in [1.165, 1.54) is 6.42 Å². The summed E-state index contributed by atoms with van der Waals surface area (Å²) in [6.07, 6.45) is 3.08. The highest BCUT2D eigenvalue weighted by molar-refractivity contribution is 7.80. The van der Waals surface area contributed by atoms with Crippen molar-refractivity contribution in [1.29, 1.82) is 0 Å². The number of rotatable bonds is 8. The molecule has 1 unspecified atom stereocenters. The van der Waals surface area contributed by atoms with Gasteiger partial charge in [-0.25, -0.2) is 4.99 Å². The summed E-state index contributed by atoms with van der Waals surface area (Å²) in [5, 5.41) is 7.96. The maximum atomic E-state index is 5.99. The van der Waals surface area contributed by atoms with Crippen LogP contribution in [0.15, 0.2) is 23.2 Å². The van der Waals surface area contributed by atoms with Gasteiger partial charge in [0.1, 0.15) is 27.6 Å². The maximum absolute atomic E-state index is 5.99. The SMILES string of the molecule is CCCc1nn(C)c2c1N=C(c1cc(C(=S)N3CCN(CCC)CC3)ccc1OCC)NC2S. The summed E-state index contributed by atoms with van der Waals surface area (Å²) in [5.41, 5.74) is 4.84. The third kappa shape index (κ3) is 5.11. The lowest BCUT2D eigenvalue weighted by atomic mass is 10.1. The van der Waals surface area contributed by atoms with E-state index in [1.54, 1.807) is 0 Å². The molecule has 0 bridgehead atoms. The lowest BCUT2D eigenvalue weighted by molar-refractivity contribution is 0.184. The molecule has 7 nitrogen and oxygen atoms in total. The molecule has 184 valence electrons. The van der Waals surface area contributed by atoms with Crippen molar-refractivity contribution in [1.82, 2.24) is 24.9 Å². The smallest absolute Gasteiger partial charge is 0.139 e. The Morgan fingerprint density at radius 2 is 1.94 bits per heavy atom. The number of thiol groups is 1. The van der Waals surface area contributed by atoms with Gasteiger partial charge in [0.05, 0.1) is 23.6 Å². The Morgan fingerprint density at radius 3 is 2.62 bits per heavy atom. The van der Waals surface area contributed by atoms with Crippen LogP contribution in [-0.4, -0.2) is 69.7 Å². The number of nitrogens with zero attached hydrogens (tertiary/aromatic N) is 5. The van der Waals surface area contributed by atoms with E-state index < -0.39 is 0 Å². The molecule has 2 aliphatic rings. The molecule has 1 atom stereocenters. The van der Waals surface area contributed by atoms with Crippen molar-refractivity contribution >= 4 is 41.4 Å². The Morgan fingerprint density at radius 1 is 1.18 bits per heavy atom. The van der Waals surface area contributed by atoms with Crippen LogP contribution in [0.25, 0.3) is 0 Å². The minimum Gasteiger partial charge on any atom is -0.493 e. The number of nitrogens with one attached hydrogen (secondary N) is 1. The molecule has 1 fully saturated rings. The Labute approximate surface area is 214 Å². The zero-order valence-corrected chi connectivity index (χ0v) is 22.4. The molecule has 0 saturated carbocycles. The van der Waals surface area contributed by atoms with Crippen LogP contribution in [0.1, 0.15) is 61.5 Å². The molecule has 0 spiro atoms. The first-order chi connectivity index (χ1) is 16.5. The molecule has 1 aromatic carbocycles. The molecule has 1 saturated heterocycles. The van der Waals surface area contributed by atoms with Gasteiger partial charge < -0.3 is 15.0 Å². The number of fused-ring (bicyclic) bond motifs is 1. The number of aromatic nitrogens is 2. The summed E-state index contributed by atoms with van der Waals surface area (Å²) in [6.45, 7) is 12.1. The Bertz CT molecular complexity index is 1060. The Kier molecular flexibility index (Phi) is 8.16. The van der Waals surface area contributed by atoms with E-state index in [0.29, 0.717) is 6.61 Å². The summed E-state index contributed by atoms with van der Waals surface area (Å²) < 4.78 is 7.87. The second kappa shape index (κ2) is 11.1. The fourth-order valence-corrected chi connectivity index (χ4v) is 5.42. The van der Waals surface area contributed by atoms with Gasteiger partial charge in [0, 0.05) is 38.8 Å². The minimum absolute atomic E-state index is 0.206. The predicted molar refractivity (Wildman–Crippen MR) is 146 cm³/mol. The van der Waals surface area contributed by atoms with Crippen LogP contribution in [0, 0.1) is 0 Å². The summed E-state index contributed by atoms with van der Waals surface area (Å²) in [6, 6.07) is 6.19. The predicted octanol–water partition coefficient (Wildman–Crippen LogP) is 4.08. The first-order valence-corrected chi connectivity index (χ1v) is 13.3. The van der Waals surface area contributed by atoms with E-state index in [0.717, 1.165) is 90.3 Å². The number of hydrogen-bond donors (Lipinski definition) is 2. The van der Waals surface area contributed by atoms with E-state index in [-0.39, 0.29) is 5.37 Å². The Hall–Kier alpha value is -2.10. The molecule has 4 rings (SSSR count). The highest BCUT2D eigenvalue weighted by Gasteiger charge is 2.29. The number of aryl methyl sites for hydroxylation is 2. The third-order valence-corrected chi connectivity index (χ3v) is 7.23. The molecule has 9 heteroatoms. The average molecular weight is 501 g/mol. The van der Waals surface area contributed by atoms with Crippen molar-refractivity contribution in [2.45, 2.75) is 45.4 Å². The largest absolute Gasteiger partial charge is 0.493 e. The number of thiocarbonyl (C=S) groups is 1. The van der Waals surface area contributed by atoms with Gasteiger partial charge in [0.15, 0.2) is 0 Å². The van der Waals surface area contributed by atoms with Crippen LogP contribution in [-0.2, 0) is 13.5 Å². The summed E-state index contributed by atoms with van der Waals surface area (Å²) >= 11 is 10.8. The number of amidine groups is 1. The van der Waals surface area contributed by atoms with Crippen molar-refractivity contribution in [3.05, 3.63) is 40.7 Å². The first kappa shape index (κ1) is 25.0. The first-order valence-electron chi connectivity index (χ1n) is 12.3. The summed E-state index contributed by atoms with van der Waals surface area (Å²) in [7, 11) is 1.95. The van der Waals surface area contributed by atoms with Gasteiger partial charge in [-0.2, -0.15) is 5.10 Å². The van der Waals surface area contributed by atoms with Crippen LogP contribution in [0.2, 0.25) is 0 Å². The van der Waals surface area contributed by atoms with Crippen molar-refractivity contribution in [3.63, 3.8) is 0 Å². The lowest BCUT2D eigenvalue weighted by Gasteiger charge is -2.36. The molecule has 2 aliphatic heterocycles. The fourth-order valence-electron chi connectivity index (χ4n) is 4.70. The van der Waals surface area contributed by atoms with Crippen LogP contribution in [0.5, 0.6) is 5.75 Å². The molecule has 0 amide bonds. The highest BCUT2D eigenvalue weighted by Crippen LogP contribution is 2.37. The normalized spacial score (nSPS) is 18.3. The zero-order chi connectivity index (χ0) is 24.2. The molecule has 2 aromatic rings. The van der Waals surface area contributed by atoms with E-state index in [9.17, 15) is 0 Å². The quantitative estimate of drug-likeness (QED) is 0.421. The van der Waals surface area contributed by atoms with Crippen molar-refractivity contribution in [2.75, 3.05) is 39.3 Å². The molecular formula is C25H36N6OS2. The van der Waals surface area contributed by atoms with Crippen LogP contribution < -0.4 is 10.1 Å². The van der Waals surface area contributed by atoms with Crippen molar-refractivity contribution in [3.8, 4) is 5.75 Å². The van der Waals surface area contributed by atoms with E-state index >= 15 is 0 Å². The highest BCUT2D eigenvalue weighted by atomic mass is 32.1. The second-order valence-electron chi connectivity index (χ2n) is 8.84. The number of ether oxygens (including phenoxy) is 1. The van der Waals surface area contributed by atoms with Gasteiger partial charge in [0.2, 0.25) is 0 Å². The van der Waals surface area contributed by atoms with Gasteiger partial charge in [0.25, 0.3) is 0 Å². The standard InChI is InChI=1S/C25H36N6OS2/c1-5-8-19-21-22(29(4)28-19)24(33)27-23(26-21)18-16-17(9-10-20(18)32-7-3)25(34)31-14-12-30(11-6-2)13-15-31/h9-10,16,24,33H,5-8,11-15H2,1-4H3,(H,26,27). The monoisotopic (exact) mass is 500 g/mol. The van der Waals surface area contributed by atoms with Crippen LogP contribution >= 0.6 is 24.8 Å². The number of piperazine rings is 1. The third-order valence-electron chi connectivity index (χ3n) is 6.36. The summed E-state index contributed by atoms with van der Waals surface area (Å²) in [4.78, 5) is 10.7. The topological polar surface area (TPSA) is 57.9 Å². The number of benzene rings is 1. The van der Waals surface area contributed by atoms with Crippen LogP contribution in [0.4, 0.5) is 5.69 Å². The number of aliphatic imine (C=N–C) groups is 1. The van der Waals surface area contributed by atoms with Gasteiger partial charge in [-0.3, -0.25) is 9.58 Å². The van der Waals surface area contributed by atoms with Crippen molar-refractivity contribution < 1.29 is 4.74 Å². The van der Waals surface area contributed by atoms with E-state index in [1.807, 2.05) is 24.7 Å². The van der Waals surface area contributed by atoms with Crippen LogP contribution in [0.3, 0.4) is 0 Å². The molecule has 1 N–H and O–H groups in total. The molecule has 1 aromatic heterocycles. The zero-order valence-electron chi connectivity index (χ0n) is 20.7. The summed E-state index contributed by atoms with van der Waals surface area (Å²) in [5.74, 6) is 1.54. The van der Waals surface area contributed by atoms with E-state index in [4.69, 9.17) is 39.7 Å². The molecule has 3 heterocycles. The average Bonchev–Trinajstić information content (AvgIpc) is 3.15. The van der Waals surface area contributed by atoms with Crippen molar-refractivity contribution in [2.24, 2.45) is 12.0 Å². The molecule has 0 radical (unpaired) electrons. The molecular weight excluding hydrogens is 464 g/mol. The molecule has 34 heavy (non-hydrogen) atoms. The maximum Gasteiger partial charge on any atom is 0.139 e. The van der Waals surface area contributed by atoms with Gasteiger partial charge >= 0.3 is 0 Å². The molecule has 0 aliphatic carbocycles. The Balaban J connectivity index is 1.66.